The van der Waals surface area contributed by atoms with Gasteiger partial charge < -0.3 is 15.4 Å². The smallest absolute Gasteiger partial charge is 0.393 e. The number of rotatable bonds is 5. The van der Waals surface area contributed by atoms with E-state index in [1.54, 1.807) is 12.1 Å². The zero-order valence-corrected chi connectivity index (χ0v) is 16.7. The molecule has 1 aromatic heterocycles. The van der Waals surface area contributed by atoms with Crippen LogP contribution in [0.1, 0.15) is 35.8 Å². The van der Waals surface area contributed by atoms with Gasteiger partial charge in [-0.1, -0.05) is 36.4 Å². The van der Waals surface area contributed by atoms with E-state index in [0.717, 1.165) is 5.56 Å². The summed E-state index contributed by atoms with van der Waals surface area (Å²) in [4.78, 5) is 20.7. The number of aromatic nitrogens is 2. The van der Waals surface area contributed by atoms with Crippen LogP contribution in [0, 0.1) is 0 Å². The Morgan fingerprint density at radius 1 is 1.16 bits per heavy atom. The lowest BCUT2D eigenvalue weighted by Gasteiger charge is -2.29. The van der Waals surface area contributed by atoms with Gasteiger partial charge in [-0.25, -0.2) is 4.98 Å². The normalized spacial score (nSPS) is 17.0. The molecule has 9 heteroatoms. The number of alkyl halides is 3. The third kappa shape index (κ3) is 5.05. The van der Waals surface area contributed by atoms with Gasteiger partial charge in [-0.15, -0.1) is 0 Å². The van der Waals surface area contributed by atoms with Crippen LogP contribution in [0.2, 0.25) is 0 Å². The van der Waals surface area contributed by atoms with Crippen LogP contribution in [0.3, 0.4) is 0 Å². The highest BCUT2D eigenvalue weighted by Crippen LogP contribution is 2.30. The monoisotopic (exact) mass is 432 g/mol. The zero-order chi connectivity index (χ0) is 22.0. The number of aromatic amines is 1. The highest BCUT2D eigenvalue weighted by atomic mass is 19.4. The van der Waals surface area contributed by atoms with Crippen molar-refractivity contribution < 1.29 is 23.1 Å². The summed E-state index contributed by atoms with van der Waals surface area (Å²) in [6.45, 7) is 1.48. The number of aliphatic hydroxyl groups is 1. The fraction of sp³-hybridized carbons (Fsp3) is 0.364. The summed E-state index contributed by atoms with van der Waals surface area (Å²) in [6, 6.07) is 13.5. The molecule has 1 amide bonds. The Balaban J connectivity index is 1.58. The highest BCUT2D eigenvalue weighted by molar-refractivity contribution is 5.80. The van der Waals surface area contributed by atoms with Crippen LogP contribution in [0.15, 0.2) is 48.5 Å². The standard InChI is InChI=1S/C22H23F3N4O2/c23-22(24,25)21-26-17-7-6-15(12-18(17)27-21)20(14-4-2-1-3-5-14)28-19(31)13-29-10-8-16(30)9-11-29/h1-7,12,16,20,30H,8-11,13H2,(H,26,27)(H,28,31). The van der Waals surface area contributed by atoms with E-state index in [0.29, 0.717) is 31.5 Å². The first-order valence-corrected chi connectivity index (χ1v) is 10.1. The van der Waals surface area contributed by atoms with Gasteiger partial charge in [0.05, 0.1) is 29.7 Å². The lowest BCUT2D eigenvalue weighted by atomic mass is 9.98. The molecule has 0 spiro atoms. The number of nitrogens with zero attached hydrogens (tertiary/aromatic N) is 2. The van der Waals surface area contributed by atoms with E-state index in [9.17, 15) is 23.1 Å². The van der Waals surface area contributed by atoms with Crippen molar-refractivity contribution in [1.82, 2.24) is 20.2 Å². The molecule has 0 saturated carbocycles. The second-order valence-electron chi connectivity index (χ2n) is 7.78. The van der Waals surface area contributed by atoms with Gasteiger partial charge >= 0.3 is 6.18 Å². The molecular formula is C22H23F3N4O2. The number of nitrogens with one attached hydrogen (secondary N) is 2. The Bertz CT molecular complexity index is 1040. The lowest BCUT2D eigenvalue weighted by molar-refractivity contribution is -0.144. The third-order valence-electron chi connectivity index (χ3n) is 5.47. The summed E-state index contributed by atoms with van der Waals surface area (Å²) in [7, 11) is 0. The highest BCUT2D eigenvalue weighted by Gasteiger charge is 2.34. The maximum absolute atomic E-state index is 13.0. The Morgan fingerprint density at radius 2 is 1.87 bits per heavy atom. The third-order valence-corrected chi connectivity index (χ3v) is 5.47. The summed E-state index contributed by atoms with van der Waals surface area (Å²) in [5, 5.41) is 12.6. The fourth-order valence-electron chi connectivity index (χ4n) is 3.83. The van der Waals surface area contributed by atoms with E-state index < -0.39 is 18.0 Å². The molecule has 1 aliphatic rings. The summed E-state index contributed by atoms with van der Waals surface area (Å²) in [6.07, 6.45) is -3.62. The predicted molar refractivity (Wildman–Crippen MR) is 109 cm³/mol. The van der Waals surface area contributed by atoms with Crippen molar-refractivity contribution in [3.8, 4) is 0 Å². The van der Waals surface area contributed by atoms with Crippen LogP contribution in [0.25, 0.3) is 11.0 Å². The van der Waals surface area contributed by atoms with E-state index in [-0.39, 0.29) is 29.6 Å². The Hall–Kier alpha value is -2.91. The van der Waals surface area contributed by atoms with Gasteiger partial charge in [0.1, 0.15) is 0 Å². The molecule has 0 aliphatic carbocycles. The first kappa shape index (κ1) is 21.3. The molecule has 164 valence electrons. The number of benzene rings is 2. The second-order valence-corrected chi connectivity index (χ2v) is 7.78. The molecule has 0 radical (unpaired) electrons. The number of H-pyrrole nitrogens is 1. The van der Waals surface area contributed by atoms with Gasteiger partial charge in [0, 0.05) is 13.1 Å². The molecule has 1 saturated heterocycles. The quantitative estimate of drug-likeness (QED) is 0.578. The fourth-order valence-corrected chi connectivity index (χ4v) is 3.83. The number of carbonyl (C=O) groups is 1. The average molecular weight is 432 g/mol. The van der Waals surface area contributed by atoms with Crippen LogP contribution in [0.5, 0.6) is 0 Å². The molecule has 1 atom stereocenters. The largest absolute Gasteiger partial charge is 0.449 e. The Labute approximate surface area is 177 Å². The number of amides is 1. The van der Waals surface area contributed by atoms with E-state index in [1.807, 2.05) is 35.2 Å². The summed E-state index contributed by atoms with van der Waals surface area (Å²) < 4.78 is 39.0. The molecule has 3 N–H and O–H groups in total. The van der Waals surface area contributed by atoms with Gasteiger partial charge in [-0.3, -0.25) is 9.69 Å². The van der Waals surface area contributed by atoms with Crippen LogP contribution in [-0.2, 0) is 11.0 Å². The molecule has 4 rings (SSSR count). The number of halogens is 3. The summed E-state index contributed by atoms with van der Waals surface area (Å²) >= 11 is 0. The maximum Gasteiger partial charge on any atom is 0.449 e. The van der Waals surface area contributed by atoms with Crippen molar-refractivity contribution in [1.29, 1.82) is 0 Å². The summed E-state index contributed by atoms with van der Waals surface area (Å²) in [5.41, 5.74) is 1.93. The van der Waals surface area contributed by atoms with Crippen LogP contribution >= 0.6 is 0 Å². The average Bonchev–Trinajstić information content (AvgIpc) is 3.18. The molecule has 31 heavy (non-hydrogen) atoms. The molecule has 3 aromatic rings. The van der Waals surface area contributed by atoms with Crippen molar-refractivity contribution in [2.75, 3.05) is 19.6 Å². The number of likely N-dealkylation sites (tertiary alicyclic amines) is 1. The van der Waals surface area contributed by atoms with Gasteiger partial charge in [0.15, 0.2) is 0 Å². The predicted octanol–water partition coefficient (Wildman–Crippen LogP) is 3.24. The SMILES string of the molecule is O=C(CN1CCC(O)CC1)NC(c1ccccc1)c1ccc2nc(C(F)(F)F)[nH]c2c1. The summed E-state index contributed by atoms with van der Waals surface area (Å²) in [5.74, 6) is -1.24. The van der Waals surface area contributed by atoms with Crippen molar-refractivity contribution in [3.05, 3.63) is 65.5 Å². The minimum absolute atomic E-state index is 0.189. The zero-order valence-electron chi connectivity index (χ0n) is 16.7. The number of carbonyl (C=O) groups excluding carboxylic acids is 1. The maximum atomic E-state index is 13.0. The van der Waals surface area contributed by atoms with Crippen molar-refractivity contribution in [2.45, 2.75) is 31.2 Å². The number of hydrogen-bond acceptors (Lipinski definition) is 4. The molecule has 2 aromatic carbocycles. The molecule has 1 unspecified atom stereocenters. The molecular weight excluding hydrogens is 409 g/mol. The van der Waals surface area contributed by atoms with Crippen molar-refractivity contribution in [2.24, 2.45) is 0 Å². The van der Waals surface area contributed by atoms with Gasteiger partial charge in [-0.05, 0) is 36.1 Å². The number of imidazole rings is 1. The van der Waals surface area contributed by atoms with Crippen LogP contribution < -0.4 is 5.32 Å². The first-order chi connectivity index (χ1) is 14.8. The van der Waals surface area contributed by atoms with E-state index in [4.69, 9.17) is 0 Å². The van der Waals surface area contributed by atoms with Crippen molar-refractivity contribution >= 4 is 16.9 Å². The lowest BCUT2D eigenvalue weighted by Crippen LogP contribution is -2.43. The number of aliphatic hydroxyl groups excluding tert-OH is 1. The van der Waals surface area contributed by atoms with Gasteiger partial charge in [-0.2, -0.15) is 13.2 Å². The topological polar surface area (TPSA) is 81.2 Å². The molecule has 1 fully saturated rings. The minimum atomic E-state index is -4.56. The second kappa shape index (κ2) is 8.68. The van der Waals surface area contributed by atoms with Crippen LogP contribution in [-0.4, -0.2) is 51.6 Å². The minimum Gasteiger partial charge on any atom is -0.393 e. The molecule has 2 heterocycles. The van der Waals surface area contributed by atoms with Gasteiger partial charge in [0.2, 0.25) is 11.7 Å². The molecule has 1 aliphatic heterocycles. The van der Waals surface area contributed by atoms with E-state index >= 15 is 0 Å². The van der Waals surface area contributed by atoms with Gasteiger partial charge in [0.25, 0.3) is 0 Å². The number of fused-ring (bicyclic) bond motifs is 1. The van der Waals surface area contributed by atoms with Crippen molar-refractivity contribution in [3.63, 3.8) is 0 Å². The Kier molecular flexibility index (Phi) is 5.97. The molecule has 6 nitrogen and oxygen atoms in total. The van der Waals surface area contributed by atoms with E-state index in [2.05, 4.69) is 15.3 Å². The van der Waals surface area contributed by atoms with Crippen LogP contribution in [0.4, 0.5) is 13.2 Å². The Morgan fingerprint density at radius 3 is 2.55 bits per heavy atom. The first-order valence-electron chi connectivity index (χ1n) is 10.1. The number of hydrogen-bond donors (Lipinski definition) is 3. The number of piperidine rings is 1. The van der Waals surface area contributed by atoms with E-state index in [1.165, 1.54) is 6.07 Å². The molecule has 0 bridgehead atoms.